The van der Waals surface area contributed by atoms with Crippen LogP contribution < -0.4 is 42.5 Å². The highest BCUT2D eigenvalue weighted by Crippen LogP contribution is 2.32. The fourth-order valence-electron chi connectivity index (χ4n) is 16.9. The van der Waals surface area contributed by atoms with E-state index in [9.17, 15) is 28.8 Å². The van der Waals surface area contributed by atoms with Gasteiger partial charge in [0.2, 0.25) is 29.5 Å². The van der Waals surface area contributed by atoms with Gasteiger partial charge in [-0.2, -0.15) is 0 Å². The molecule has 0 saturated carbocycles. The SMILES string of the molecule is CC(C)NCC[C@@H]1N[C@H](CNC(=O)/C=C/c2ccc(Cl)cc2)CCN(CC(c2ccccc2)c2ccccc2)C1=O.CC(C)NCC[C@@H]1N[C@H](CNC(=O)c2ccc3ccccc3c2)CCN(CC(c2ccccc2)c2ccccc2)C1=O.O=C(/C=C/c1ccc(Cl)cc1)NC[C@@H]1CCN(CC(c2ccccc2)c2ccccc2)C(=O)[C@H](CCN2CCCC2)N1. The van der Waals surface area contributed by atoms with Crippen molar-refractivity contribution in [1.29, 1.82) is 0 Å². The lowest BCUT2D eigenvalue weighted by molar-refractivity contribution is -0.133. The van der Waals surface area contributed by atoms with Crippen LogP contribution in [0, 0.1) is 0 Å². The maximum absolute atomic E-state index is 14.1. The predicted molar refractivity (Wildman–Crippen MR) is 509 cm³/mol. The maximum Gasteiger partial charge on any atom is 0.251 e. The lowest BCUT2D eigenvalue weighted by atomic mass is 9.90. The molecule has 4 saturated heterocycles. The second-order valence-corrected chi connectivity index (χ2v) is 34.6. The zero-order valence-corrected chi connectivity index (χ0v) is 74.2. The van der Waals surface area contributed by atoms with Gasteiger partial charge in [0.15, 0.2) is 0 Å². The molecule has 20 heteroatoms. The largest absolute Gasteiger partial charge is 0.351 e. The zero-order valence-electron chi connectivity index (χ0n) is 72.7. The Bertz CT molecular complexity index is 4910. The average molecular weight is 1720 g/mol. The van der Waals surface area contributed by atoms with Gasteiger partial charge in [-0.3, -0.25) is 28.8 Å². The van der Waals surface area contributed by atoms with Crippen molar-refractivity contribution in [2.45, 2.75) is 145 Å². The van der Waals surface area contributed by atoms with E-state index in [0.717, 1.165) is 80.3 Å². The number of rotatable bonds is 34. The van der Waals surface area contributed by atoms with Crippen LogP contribution in [-0.4, -0.2) is 195 Å². The molecule has 4 aliphatic rings. The third-order valence-corrected chi connectivity index (χ3v) is 24.4. The van der Waals surface area contributed by atoms with E-state index < -0.39 is 0 Å². The average Bonchev–Trinajstić information content (AvgIpc) is 1.82. The minimum atomic E-state index is -0.331. The molecule has 0 radical (unpaired) electrons. The van der Waals surface area contributed by atoms with Crippen LogP contribution in [0.2, 0.25) is 10.0 Å². The van der Waals surface area contributed by atoms with Gasteiger partial charge in [-0.25, -0.2) is 0 Å². The summed E-state index contributed by atoms with van der Waals surface area (Å²) in [6.45, 7) is 18.1. The normalized spacial score (nSPS) is 18.4. The number of hydrogen-bond donors (Lipinski definition) is 8. The molecule has 4 heterocycles. The van der Waals surface area contributed by atoms with Gasteiger partial charge in [-0.1, -0.05) is 287 Å². The zero-order chi connectivity index (χ0) is 87.5. The highest BCUT2D eigenvalue weighted by atomic mass is 35.5. The van der Waals surface area contributed by atoms with E-state index in [-0.39, 0.29) is 89.4 Å². The van der Waals surface area contributed by atoms with Crippen molar-refractivity contribution in [3.63, 3.8) is 0 Å². The molecule has 0 aliphatic carbocycles. The molecule has 125 heavy (non-hydrogen) atoms. The lowest BCUT2D eigenvalue weighted by Crippen LogP contribution is -2.50. The van der Waals surface area contributed by atoms with Crippen molar-refractivity contribution in [1.82, 2.24) is 62.1 Å². The Morgan fingerprint density at radius 3 is 1.05 bits per heavy atom. The third kappa shape index (κ3) is 29.6. The summed E-state index contributed by atoms with van der Waals surface area (Å²) in [5, 5.41) is 30.4. The van der Waals surface area contributed by atoms with E-state index in [1.807, 2.05) is 113 Å². The number of likely N-dealkylation sites (tertiary alicyclic amines) is 1. The lowest BCUT2D eigenvalue weighted by Gasteiger charge is -2.30. The van der Waals surface area contributed by atoms with E-state index in [0.29, 0.717) is 99.4 Å². The number of hydrogen-bond acceptors (Lipinski definition) is 12. The van der Waals surface area contributed by atoms with Crippen molar-refractivity contribution >= 4 is 81.6 Å². The molecule has 4 fully saturated rings. The Kier molecular flexibility index (Phi) is 36.6. The molecule has 0 aromatic heterocycles. The van der Waals surface area contributed by atoms with Gasteiger partial charge in [0.25, 0.3) is 5.91 Å². The highest BCUT2D eigenvalue weighted by molar-refractivity contribution is 6.31. The molecule has 0 bridgehead atoms. The van der Waals surface area contributed by atoms with Crippen LogP contribution in [0.5, 0.6) is 0 Å². The minimum Gasteiger partial charge on any atom is -0.351 e. The standard InChI is InChI=1S/C36H42N4O2.C35H41ClN4O2.C34H41ClN4O2/c1-26(2)37-21-19-34-36(42)40(25-33(28-12-5-3-6-13-28)29-14-7-4-8-15-29)22-20-32(39-34)24-38-35(41)31-18-17-27-11-9-10-16-30(27)23-31;36-30-16-13-27(14-17-30)15-18-34(41)37-25-31-19-24-40(35(42)33(38-31)20-23-39-21-7-8-22-39)26-32(28-9-3-1-4-10-28)29-11-5-2-6-12-29;1-25(2)36-21-19-32-34(41)39(24-31(27-9-5-3-6-10-27)28-11-7-4-8-12-28)22-20-30(38-32)23-37-33(40)18-15-26-13-16-29(35)17-14-26/h3-18,23,26,32-34,37,39H,19-22,24-25H2,1-2H3,(H,38,41);1-6,9-18,31-33,38H,7-8,19-26H2,(H,37,41);3-18,25,30-32,36,38H,19-24H2,1-2H3,(H,37,40)/b;2*18-15+/t32-,34-;31-,33-;30-,32-/m000/s1. The van der Waals surface area contributed by atoms with E-state index in [1.54, 1.807) is 42.5 Å². The summed E-state index contributed by atoms with van der Waals surface area (Å²) in [6.07, 6.45) is 13.5. The van der Waals surface area contributed by atoms with Crippen LogP contribution in [-0.2, 0) is 24.0 Å². The van der Waals surface area contributed by atoms with Gasteiger partial charge >= 0.3 is 0 Å². The minimum absolute atomic E-state index is 0.00214. The Morgan fingerprint density at radius 2 is 0.704 bits per heavy atom. The van der Waals surface area contributed by atoms with Crippen molar-refractivity contribution in [2.24, 2.45) is 0 Å². The molecule has 0 unspecified atom stereocenters. The summed E-state index contributed by atoms with van der Waals surface area (Å²) in [5.74, 6) is 0.222. The fraction of sp³-hybridized carbons (Fsp3) is 0.352. The molecular weight excluding hydrogens is 1600 g/mol. The molecule has 0 spiro atoms. The third-order valence-electron chi connectivity index (χ3n) is 23.9. The summed E-state index contributed by atoms with van der Waals surface area (Å²) >= 11 is 11.9. The Balaban J connectivity index is 0.000000171. The number of fused-ring (bicyclic) bond motifs is 1. The maximum atomic E-state index is 14.1. The molecule has 654 valence electrons. The van der Waals surface area contributed by atoms with Gasteiger partial charge in [-0.15, -0.1) is 0 Å². The van der Waals surface area contributed by atoms with E-state index in [1.165, 1.54) is 52.3 Å². The molecule has 18 nitrogen and oxygen atoms in total. The van der Waals surface area contributed by atoms with Gasteiger partial charge in [0.05, 0.1) is 18.1 Å². The fourth-order valence-corrected chi connectivity index (χ4v) is 17.2. The Morgan fingerprint density at radius 1 is 0.384 bits per heavy atom. The quantitative estimate of drug-likeness (QED) is 0.0177. The van der Waals surface area contributed by atoms with Crippen LogP contribution in [0.3, 0.4) is 0 Å². The van der Waals surface area contributed by atoms with Gasteiger partial charge < -0.3 is 62.1 Å². The summed E-state index contributed by atoms with van der Waals surface area (Å²) in [7, 11) is 0. The molecule has 6 amide bonds. The van der Waals surface area contributed by atoms with E-state index in [4.69, 9.17) is 23.2 Å². The topological polar surface area (TPSA) is 212 Å². The number of carbonyl (C=O) groups is 6. The van der Waals surface area contributed by atoms with Crippen molar-refractivity contribution in [3.05, 3.63) is 345 Å². The van der Waals surface area contributed by atoms with Crippen LogP contribution in [0.25, 0.3) is 22.9 Å². The van der Waals surface area contributed by atoms with Crippen LogP contribution in [0.15, 0.2) is 285 Å². The molecular formula is C105H124Cl2N12O6. The number of carbonyl (C=O) groups excluding carboxylic acids is 6. The molecule has 10 aromatic rings. The van der Waals surface area contributed by atoms with E-state index >= 15 is 0 Å². The van der Waals surface area contributed by atoms with Crippen molar-refractivity contribution < 1.29 is 28.8 Å². The number of nitrogens with one attached hydrogen (secondary N) is 8. The van der Waals surface area contributed by atoms with Crippen LogP contribution in [0.4, 0.5) is 0 Å². The predicted octanol–water partition coefficient (Wildman–Crippen LogP) is 15.9. The number of nitrogens with zero attached hydrogens (tertiary/aromatic N) is 4. The van der Waals surface area contributed by atoms with Gasteiger partial charge in [0.1, 0.15) is 0 Å². The van der Waals surface area contributed by atoms with Gasteiger partial charge in [0, 0.05) is 141 Å². The first-order valence-corrected chi connectivity index (χ1v) is 45.5. The summed E-state index contributed by atoms with van der Waals surface area (Å²) in [6, 6.07) is 90.9. The van der Waals surface area contributed by atoms with Crippen molar-refractivity contribution in [2.75, 3.05) is 91.6 Å². The van der Waals surface area contributed by atoms with Crippen LogP contribution in [0.1, 0.15) is 152 Å². The Labute approximate surface area is 749 Å². The molecule has 14 rings (SSSR count). The smallest absolute Gasteiger partial charge is 0.251 e. The number of benzene rings is 10. The van der Waals surface area contributed by atoms with E-state index in [2.05, 4.69) is 226 Å². The highest BCUT2D eigenvalue weighted by Gasteiger charge is 2.37. The molecule has 6 atom stereocenters. The Hall–Kier alpha value is -10.9. The summed E-state index contributed by atoms with van der Waals surface area (Å²) in [4.78, 5) is 88.9. The first kappa shape index (κ1) is 93.3. The molecule has 10 aromatic carbocycles. The second-order valence-electron chi connectivity index (χ2n) is 33.8. The first-order valence-electron chi connectivity index (χ1n) is 44.7. The summed E-state index contributed by atoms with van der Waals surface area (Å²) < 4.78 is 0. The summed E-state index contributed by atoms with van der Waals surface area (Å²) in [5.41, 5.74) is 9.66. The van der Waals surface area contributed by atoms with Gasteiger partial charge in [-0.05, 0) is 181 Å². The molecule has 8 N–H and O–H groups in total. The second kappa shape index (κ2) is 49.1. The van der Waals surface area contributed by atoms with Crippen molar-refractivity contribution in [3.8, 4) is 0 Å². The molecule has 4 aliphatic heterocycles. The monoisotopic (exact) mass is 1720 g/mol. The van der Waals surface area contributed by atoms with Crippen LogP contribution >= 0.6 is 23.2 Å². The first-order chi connectivity index (χ1) is 60.9. The number of amides is 6. The number of halogens is 2.